The Kier molecular flexibility index (Phi) is 6.72. The van der Waals surface area contributed by atoms with Crippen LogP contribution in [-0.2, 0) is 14.4 Å². The second-order valence-electron chi connectivity index (χ2n) is 4.32. The van der Waals surface area contributed by atoms with Gasteiger partial charge in [-0.15, -0.1) is 6.58 Å². The van der Waals surface area contributed by atoms with Crippen molar-refractivity contribution in [2.75, 3.05) is 41.0 Å². The molecule has 0 unspecified atom stereocenters. The molecule has 1 amide bonds. The molecule has 0 saturated carbocycles. The summed E-state index contributed by atoms with van der Waals surface area (Å²) < 4.78 is 5.11. The smallest absolute Gasteiger partial charge is 0.248 e. The van der Waals surface area contributed by atoms with Crippen molar-refractivity contribution in [2.24, 2.45) is 0 Å². The number of hydrogen-bond donors (Lipinski definition) is 2. The van der Waals surface area contributed by atoms with Gasteiger partial charge in [-0.2, -0.15) is 5.06 Å². The molecule has 0 radical (unpaired) electrons. The van der Waals surface area contributed by atoms with Gasteiger partial charge in [0, 0.05) is 39.4 Å². The van der Waals surface area contributed by atoms with Crippen LogP contribution in [0.2, 0.25) is 0 Å². The molecule has 1 aliphatic rings. The fraction of sp³-hybridized carbons (Fsp3) is 0.615. The van der Waals surface area contributed by atoms with E-state index in [-0.39, 0.29) is 18.0 Å². The number of hydrogen-bond acceptors (Lipinski definition) is 5. The van der Waals surface area contributed by atoms with E-state index in [4.69, 9.17) is 9.57 Å². The molecule has 2 N–H and O–H groups in total. The summed E-state index contributed by atoms with van der Waals surface area (Å²) in [5, 5.41) is 7.65. The summed E-state index contributed by atoms with van der Waals surface area (Å²) in [6.45, 7) is 5.18. The van der Waals surface area contributed by atoms with Gasteiger partial charge in [-0.1, -0.05) is 12.2 Å². The largest absolute Gasteiger partial charge is 0.383 e. The van der Waals surface area contributed by atoms with Crippen LogP contribution in [0.4, 0.5) is 0 Å². The summed E-state index contributed by atoms with van der Waals surface area (Å²) in [5.74, 6) is -0.0957. The van der Waals surface area contributed by atoms with E-state index in [9.17, 15) is 4.79 Å². The number of nitrogens with one attached hydrogen (secondary N) is 2. The Hall–Kier alpha value is -1.21. The summed E-state index contributed by atoms with van der Waals surface area (Å²) in [4.78, 5) is 17.4. The molecular weight excluding hydrogens is 246 g/mol. The third-order valence-corrected chi connectivity index (χ3v) is 2.98. The zero-order valence-electron chi connectivity index (χ0n) is 11.8. The Morgan fingerprint density at radius 1 is 1.74 bits per heavy atom. The van der Waals surface area contributed by atoms with E-state index >= 15 is 0 Å². The van der Waals surface area contributed by atoms with Gasteiger partial charge >= 0.3 is 0 Å². The van der Waals surface area contributed by atoms with Crippen LogP contribution in [0.15, 0.2) is 24.3 Å². The Balaban J connectivity index is 2.81. The average molecular weight is 269 g/mol. The highest BCUT2D eigenvalue weighted by molar-refractivity contribution is 5.94. The molecule has 1 aliphatic heterocycles. The first-order valence-corrected chi connectivity index (χ1v) is 6.26. The standard InChI is InChI=1S/C13H23N3O3/c1-5-6-19-16(3)12-8-15-10(9-18-4)7-11(12)13(17)14-2/h5,7,10,12,15H,1,6,8-9H2,2-4H3,(H,14,17)/t10-,12-/m0/s1. The van der Waals surface area contributed by atoms with Crippen molar-refractivity contribution in [3.05, 3.63) is 24.3 Å². The van der Waals surface area contributed by atoms with Crippen molar-refractivity contribution in [2.45, 2.75) is 12.1 Å². The third kappa shape index (κ3) is 4.43. The van der Waals surface area contributed by atoms with E-state index in [0.29, 0.717) is 25.3 Å². The second kappa shape index (κ2) is 8.06. The minimum atomic E-state index is -0.131. The fourth-order valence-electron chi connectivity index (χ4n) is 2.00. The maximum absolute atomic E-state index is 12.0. The highest BCUT2D eigenvalue weighted by atomic mass is 16.7. The van der Waals surface area contributed by atoms with Crippen LogP contribution in [-0.4, -0.2) is 64.0 Å². The van der Waals surface area contributed by atoms with Gasteiger partial charge < -0.3 is 15.4 Å². The van der Waals surface area contributed by atoms with E-state index in [1.165, 1.54) is 0 Å². The van der Waals surface area contributed by atoms with Crippen molar-refractivity contribution >= 4 is 5.91 Å². The van der Waals surface area contributed by atoms with Crippen LogP contribution in [0.3, 0.4) is 0 Å². The van der Waals surface area contributed by atoms with Crippen molar-refractivity contribution in [1.29, 1.82) is 0 Å². The zero-order chi connectivity index (χ0) is 14.3. The molecule has 6 nitrogen and oxygen atoms in total. The predicted molar refractivity (Wildman–Crippen MR) is 73.5 cm³/mol. The molecule has 1 rings (SSSR count). The summed E-state index contributed by atoms with van der Waals surface area (Å²) in [5.41, 5.74) is 0.690. The lowest BCUT2D eigenvalue weighted by Gasteiger charge is -2.34. The first-order valence-electron chi connectivity index (χ1n) is 6.26. The summed E-state index contributed by atoms with van der Waals surface area (Å²) in [7, 11) is 5.07. The molecule has 0 bridgehead atoms. The third-order valence-electron chi connectivity index (χ3n) is 2.98. The minimum absolute atomic E-state index is 0.0429. The van der Waals surface area contributed by atoms with Crippen LogP contribution in [0, 0.1) is 0 Å². The van der Waals surface area contributed by atoms with Crippen molar-refractivity contribution in [1.82, 2.24) is 15.7 Å². The Labute approximate surface area is 114 Å². The monoisotopic (exact) mass is 269 g/mol. The lowest BCUT2D eigenvalue weighted by molar-refractivity contribution is -0.152. The normalized spacial score (nSPS) is 23.1. The Morgan fingerprint density at radius 2 is 2.47 bits per heavy atom. The van der Waals surface area contributed by atoms with Gasteiger partial charge in [0.2, 0.25) is 5.91 Å². The van der Waals surface area contributed by atoms with Crippen molar-refractivity contribution in [3.8, 4) is 0 Å². The average Bonchev–Trinajstić information content (AvgIpc) is 2.44. The maximum Gasteiger partial charge on any atom is 0.248 e. The van der Waals surface area contributed by atoms with Crippen LogP contribution in [0.5, 0.6) is 0 Å². The summed E-state index contributed by atoms with van der Waals surface area (Å²) in [6, 6.07) is -0.0886. The molecule has 0 aromatic carbocycles. The molecule has 108 valence electrons. The zero-order valence-corrected chi connectivity index (χ0v) is 11.8. The van der Waals surface area contributed by atoms with E-state index in [2.05, 4.69) is 17.2 Å². The van der Waals surface area contributed by atoms with Gasteiger partial charge in [-0.25, -0.2) is 0 Å². The Bertz CT molecular complexity index is 344. The lowest BCUT2D eigenvalue weighted by atomic mass is 9.99. The number of methoxy groups -OCH3 is 1. The van der Waals surface area contributed by atoms with Gasteiger partial charge in [0.15, 0.2) is 0 Å². The number of nitrogens with zero attached hydrogens (tertiary/aromatic N) is 1. The molecule has 0 aliphatic carbocycles. The Morgan fingerprint density at radius 3 is 3.05 bits per heavy atom. The summed E-state index contributed by atoms with van der Waals surface area (Å²) >= 11 is 0. The first-order chi connectivity index (χ1) is 9.13. The SMILES string of the molecule is C=CCON(C)[C@H]1CN[C@H](COC)C=C1C(=O)NC. The first kappa shape index (κ1) is 15.8. The van der Waals surface area contributed by atoms with E-state index in [0.717, 1.165) is 0 Å². The number of amides is 1. The van der Waals surface area contributed by atoms with Gasteiger partial charge in [-0.3, -0.25) is 9.63 Å². The van der Waals surface area contributed by atoms with Gasteiger partial charge in [0.05, 0.1) is 19.3 Å². The van der Waals surface area contributed by atoms with Crippen LogP contribution >= 0.6 is 0 Å². The number of hydroxylamine groups is 2. The molecule has 0 aromatic rings. The van der Waals surface area contributed by atoms with E-state index < -0.39 is 0 Å². The molecule has 6 heteroatoms. The molecule has 0 fully saturated rings. The predicted octanol–water partition coefficient (Wildman–Crippen LogP) is -0.305. The topological polar surface area (TPSA) is 62.8 Å². The number of ether oxygens (including phenoxy) is 1. The second-order valence-corrected chi connectivity index (χ2v) is 4.32. The maximum atomic E-state index is 12.0. The fourth-order valence-corrected chi connectivity index (χ4v) is 2.00. The van der Waals surface area contributed by atoms with Crippen LogP contribution in [0.25, 0.3) is 0 Å². The van der Waals surface area contributed by atoms with Crippen molar-refractivity contribution < 1.29 is 14.4 Å². The molecule has 0 aromatic heterocycles. The van der Waals surface area contributed by atoms with Crippen LogP contribution < -0.4 is 10.6 Å². The minimum Gasteiger partial charge on any atom is -0.383 e. The lowest BCUT2D eigenvalue weighted by Crippen LogP contribution is -2.51. The highest BCUT2D eigenvalue weighted by Gasteiger charge is 2.30. The molecule has 0 spiro atoms. The molecule has 19 heavy (non-hydrogen) atoms. The number of carbonyl (C=O) groups is 1. The molecule has 0 saturated heterocycles. The molecule has 1 heterocycles. The van der Waals surface area contributed by atoms with Gasteiger partial charge in [0.25, 0.3) is 0 Å². The number of likely N-dealkylation sites (N-methyl/N-ethyl adjacent to an activating group) is 2. The highest BCUT2D eigenvalue weighted by Crippen LogP contribution is 2.15. The van der Waals surface area contributed by atoms with E-state index in [1.807, 2.05) is 13.1 Å². The van der Waals surface area contributed by atoms with E-state index in [1.54, 1.807) is 25.3 Å². The van der Waals surface area contributed by atoms with Gasteiger partial charge in [0.1, 0.15) is 0 Å². The number of rotatable bonds is 7. The van der Waals surface area contributed by atoms with Crippen LogP contribution in [0.1, 0.15) is 0 Å². The molecular formula is C13H23N3O3. The summed E-state index contributed by atoms with van der Waals surface area (Å²) in [6.07, 6.45) is 3.56. The molecule has 2 atom stereocenters. The quantitative estimate of drug-likeness (QED) is 0.490. The number of carbonyl (C=O) groups excluding carboxylic acids is 1. The van der Waals surface area contributed by atoms with Gasteiger partial charge in [-0.05, 0) is 0 Å². The van der Waals surface area contributed by atoms with Crippen molar-refractivity contribution in [3.63, 3.8) is 0 Å².